The van der Waals surface area contributed by atoms with E-state index in [4.69, 9.17) is 9.47 Å². The lowest BCUT2D eigenvalue weighted by Gasteiger charge is -2.31. The minimum atomic E-state index is -0.806. The molecular formula is C28H32N2O6S2. The Labute approximate surface area is 230 Å². The van der Waals surface area contributed by atoms with Gasteiger partial charge in [-0.3, -0.25) is 9.98 Å². The molecule has 0 spiro atoms. The van der Waals surface area contributed by atoms with Crippen molar-refractivity contribution in [1.29, 1.82) is 0 Å². The van der Waals surface area contributed by atoms with E-state index in [2.05, 4.69) is 9.98 Å². The van der Waals surface area contributed by atoms with Gasteiger partial charge in [0.1, 0.15) is 46.1 Å². The second kappa shape index (κ2) is 11.5. The maximum absolute atomic E-state index is 11.1. The number of aromatic hydroxyl groups is 2. The molecular weight excluding hydrogens is 524 g/mol. The molecule has 0 amide bonds. The Balaban J connectivity index is 1.42. The zero-order valence-corrected chi connectivity index (χ0v) is 23.5. The molecule has 0 fully saturated rings. The summed E-state index contributed by atoms with van der Waals surface area (Å²) in [6, 6.07) is 9.93. The molecule has 2 aromatic rings. The molecule has 4 rings (SSSR count). The van der Waals surface area contributed by atoms with Gasteiger partial charge in [-0.25, -0.2) is 0 Å². The van der Waals surface area contributed by atoms with Gasteiger partial charge in [0.15, 0.2) is 11.5 Å². The van der Waals surface area contributed by atoms with Gasteiger partial charge in [0.2, 0.25) is 0 Å². The fourth-order valence-electron chi connectivity index (χ4n) is 4.17. The van der Waals surface area contributed by atoms with Gasteiger partial charge in [-0.05, 0) is 45.9 Å². The summed E-state index contributed by atoms with van der Waals surface area (Å²) < 4.78 is 12.4. The van der Waals surface area contributed by atoms with Crippen LogP contribution in [-0.2, 0) is 19.9 Å². The number of para-hydroxylation sites is 2. The van der Waals surface area contributed by atoms with Crippen LogP contribution >= 0.6 is 23.5 Å². The largest absolute Gasteiger partial charge is 0.507 e. The first-order valence-electron chi connectivity index (χ1n) is 12.3. The van der Waals surface area contributed by atoms with Crippen LogP contribution in [0.25, 0.3) is 0 Å². The van der Waals surface area contributed by atoms with Crippen molar-refractivity contribution in [3.63, 3.8) is 0 Å². The number of nitrogens with zero attached hydrogens (tertiary/aromatic N) is 2. The molecule has 2 aliphatic rings. The maximum Gasteiger partial charge on any atom is 0.167 e. The van der Waals surface area contributed by atoms with Crippen LogP contribution in [0.1, 0.15) is 50.8 Å². The minimum absolute atomic E-state index is 0.00845. The van der Waals surface area contributed by atoms with E-state index >= 15 is 0 Å². The summed E-state index contributed by atoms with van der Waals surface area (Å²) in [5, 5.41) is 23.2. The molecule has 0 aliphatic carbocycles. The minimum Gasteiger partial charge on any atom is -0.507 e. The highest BCUT2D eigenvalue weighted by atomic mass is 32.2. The monoisotopic (exact) mass is 556 g/mol. The van der Waals surface area contributed by atoms with E-state index in [0.29, 0.717) is 57.1 Å². The summed E-state index contributed by atoms with van der Waals surface area (Å²) in [6.45, 7) is 7.93. The fraction of sp³-hybridized carbons (Fsp3) is 0.429. The van der Waals surface area contributed by atoms with Crippen molar-refractivity contribution >= 4 is 46.2 Å². The highest BCUT2D eigenvalue weighted by Crippen LogP contribution is 2.39. The van der Waals surface area contributed by atoms with E-state index in [9.17, 15) is 19.8 Å². The zero-order valence-electron chi connectivity index (χ0n) is 21.8. The van der Waals surface area contributed by atoms with E-state index < -0.39 is 17.2 Å². The van der Waals surface area contributed by atoms with Crippen LogP contribution in [0.5, 0.6) is 17.2 Å². The highest BCUT2D eigenvalue weighted by molar-refractivity contribution is 8.15. The first kappa shape index (κ1) is 28.2. The van der Waals surface area contributed by atoms with Crippen LogP contribution in [0.3, 0.4) is 0 Å². The van der Waals surface area contributed by atoms with Crippen LogP contribution in [0.4, 0.5) is 0 Å². The maximum atomic E-state index is 11.1. The number of aldehydes is 2. The average Bonchev–Trinajstić information content (AvgIpc) is 3.55. The molecule has 8 nitrogen and oxygen atoms in total. The molecule has 0 radical (unpaired) electrons. The van der Waals surface area contributed by atoms with Crippen molar-refractivity contribution in [3.8, 4) is 17.2 Å². The molecule has 2 heterocycles. The van der Waals surface area contributed by atoms with E-state index in [1.807, 2.05) is 39.8 Å². The number of benzene rings is 2. The predicted octanol–water partition coefficient (Wildman–Crippen LogP) is 4.72. The van der Waals surface area contributed by atoms with Gasteiger partial charge in [0, 0.05) is 29.1 Å². The lowest BCUT2D eigenvalue weighted by Crippen LogP contribution is -2.32. The van der Waals surface area contributed by atoms with Crippen LogP contribution in [0.2, 0.25) is 0 Å². The third kappa shape index (κ3) is 6.24. The predicted molar refractivity (Wildman–Crippen MR) is 152 cm³/mol. The summed E-state index contributed by atoms with van der Waals surface area (Å²) in [5.74, 6) is 1.55. The number of aliphatic imine (C=N–C) groups is 2. The number of rotatable bonds is 11. The van der Waals surface area contributed by atoms with Crippen molar-refractivity contribution in [2.24, 2.45) is 9.98 Å². The lowest BCUT2D eigenvalue weighted by molar-refractivity contribution is -0.109. The number of phenolic OH excluding ortho intramolecular Hbond substituents is 2. The van der Waals surface area contributed by atoms with Gasteiger partial charge in [-0.1, -0.05) is 18.2 Å². The molecule has 2 unspecified atom stereocenters. The molecule has 2 N–H and O–H groups in total. The molecule has 38 heavy (non-hydrogen) atoms. The Bertz CT molecular complexity index is 1270. The fourth-order valence-corrected chi connectivity index (χ4v) is 6.19. The number of carbonyl (C=O) groups excluding carboxylic acids is 2. The second-order valence-corrected chi connectivity index (χ2v) is 12.2. The third-order valence-electron chi connectivity index (χ3n) is 6.36. The Hall–Kier alpha value is -2.82. The Kier molecular flexibility index (Phi) is 8.54. The SMILES string of the molecule is CC(C)(CCOC(C)(C)c1cccc(C2=NC(C=O)CS2)c1O)Oc1cccc(C2=NC(C=O)CS2)c1O. The first-order chi connectivity index (χ1) is 18.0. The Morgan fingerprint density at radius 3 is 2.00 bits per heavy atom. The number of hydrogen-bond acceptors (Lipinski definition) is 10. The third-order valence-corrected chi connectivity index (χ3v) is 8.57. The van der Waals surface area contributed by atoms with Gasteiger partial charge in [0.25, 0.3) is 0 Å². The quantitative estimate of drug-likeness (QED) is 0.382. The molecule has 2 aliphatic heterocycles. The molecule has 2 aromatic carbocycles. The van der Waals surface area contributed by atoms with Gasteiger partial charge in [-0.2, -0.15) is 0 Å². The lowest BCUT2D eigenvalue weighted by atomic mass is 9.94. The molecule has 202 valence electrons. The normalized spacial score (nSPS) is 19.7. The topological polar surface area (TPSA) is 118 Å². The van der Waals surface area contributed by atoms with Crippen LogP contribution < -0.4 is 4.74 Å². The molecule has 10 heteroatoms. The van der Waals surface area contributed by atoms with Crippen molar-refractivity contribution in [3.05, 3.63) is 53.1 Å². The molecule has 2 atom stereocenters. The van der Waals surface area contributed by atoms with Crippen molar-refractivity contribution in [1.82, 2.24) is 0 Å². The number of ether oxygens (including phenoxy) is 2. The zero-order chi connectivity index (χ0) is 27.5. The molecule has 0 aromatic heterocycles. The number of carbonyl (C=O) groups is 2. The summed E-state index contributed by atoms with van der Waals surface area (Å²) in [6.07, 6.45) is 2.13. The molecule has 0 saturated heterocycles. The summed E-state index contributed by atoms with van der Waals surface area (Å²) >= 11 is 2.89. The smallest absolute Gasteiger partial charge is 0.167 e. The van der Waals surface area contributed by atoms with Crippen LogP contribution in [-0.4, -0.2) is 68.7 Å². The standard InChI is InChI=1S/C28H32N2O6S2/c1-27(2,36-22-10-6-8-20(24(22)34)26-30-18(14-32)16-38-26)11-12-35-28(3,4)21-9-5-7-19(23(21)33)25-29-17(13-31)15-37-25/h5-10,13-14,17-18,33-34H,11-12,15-16H2,1-4H3. The van der Waals surface area contributed by atoms with Crippen molar-refractivity contribution in [2.45, 2.75) is 57.4 Å². The van der Waals surface area contributed by atoms with E-state index in [-0.39, 0.29) is 17.5 Å². The summed E-state index contributed by atoms with van der Waals surface area (Å²) in [5.41, 5.74) is 0.284. The van der Waals surface area contributed by atoms with Gasteiger partial charge >= 0.3 is 0 Å². The first-order valence-corrected chi connectivity index (χ1v) is 14.3. The van der Waals surface area contributed by atoms with Crippen LogP contribution in [0, 0.1) is 0 Å². The van der Waals surface area contributed by atoms with E-state index in [1.54, 1.807) is 24.3 Å². The highest BCUT2D eigenvalue weighted by Gasteiger charge is 2.31. The number of hydrogen-bond donors (Lipinski definition) is 2. The molecule has 0 saturated carbocycles. The van der Waals surface area contributed by atoms with Gasteiger partial charge in [0.05, 0.1) is 17.8 Å². The van der Waals surface area contributed by atoms with Crippen molar-refractivity contribution in [2.75, 3.05) is 18.1 Å². The van der Waals surface area contributed by atoms with Crippen molar-refractivity contribution < 1.29 is 29.3 Å². The van der Waals surface area contributed by atoms with Gasteiger partial charge in [-0.15, -0.1) is 23.5 Å². The Morgan fingerprint density at radius 2 is 1.45 bits per heavy atom. The van der Waals surface area contributed by atoms with Crippen LogP contribution in [0.15, 0.2) is 46.4 Å². The molecule has 0 bridgehead atoms. The summed E-state index contributed by atoms with van der Waals surface area (Å²) in [4.78, 5) is 30.9. The Morgan fingerprint density at radius 1 is 0.895 bits per heavy atom. The number of thioether (sulfide) groups is 2. The second-order valence-electron chi connectivity index (χ2n) is 10.2. The van der Waals surface area contributed by atoms with E-state index in [1.165, 1.54) is 23.5 Å². The summed E-state index contributed by atoms with van der Waals surface area (Å²) in [7, 11) is 0. The van der Waals surface area contributed by atoms with Gasteiger partial charge < -0.3 is 29.3 Å². The average molecular weight is 557 g/mol. The number of phenols is 2. The van der Waals surface area contributed by atoms with E-state index in [0.717, 1.165) is 12.6 Å².